The molecular weight excluding hydrogens is 192 g/mol. The van der Waals surface area contributed by atoms with Gasteiger partial charge in [-0.25, -0.2) is 0 Å². The fourth-order valence-electron chi connectivity index (χ4n) is 3.64. The molecule has 0 radical (unpaired) electrons. The van der Waals surface area contributed by atoms with E-state index in [4.69, 9.17) is 14.2 Å². The van der Waals surface area contributed by atoms with Gasteiger partial charge in [-0.15, -0.1) is 0 Å². The zero-order valence-electron chi connectivity index (χ0n) is 9.41. The number of hydrogen-bond donors (Lipinski definition) is 0. The zero-order valence-corrected chi connectivity index (χ0v) is 9.41. The normalized spacial score (nSPS) is 42.6. The van der Waals surface area contributed by atoms with Crippen molar-refractivity contribution in [2.24, 2.45) is 11.8 Å². The van der Waals surface area contributed by atoms with Gasteiger partial charge in [0.25, 0.3) is 0 Å². The third-order valence-corrected chi connectivity index (χ3v) is 4.16. The van der Waals surface area contributed by atoms with E-state index in [-0.39, 0.29) is 5.79 Å². The first-order valence-electron chi connectivity index (χ1n) is 6.21. The number of ether oxygens (including phenoxy) is 3. The molecule has 1 aliphatic heterocycles. The minimum Gasteiger partial charge on any atom is -0.378 e. The minimum atomic E-state index is -0.188. The van der Waals surface area contributed by atoms with E-state index in [0.29, 0.717) is 6.10 Å². The summed E-state index contributed by atoms with van der Waals surface area (Å²) < 4.78 is 17.2. The van der Waals surface area contributed by atoms with Crippen LogP contribution in [0.1, 0.15) is 32.6 Å². The molecule has 0 bridgehead atoms. The van der Waals surface area contributed by atoms with Gasteiger partial charge in [0.1, 0.15) is 0 Å². The molecule has 0 aromatic rings. The van der Waals surface area contributed by atoms with Crippen molar-refractivity contribution in [2.45, 2.75) is 44.5 Å². The molecule has 15 heavy (non-hydrogen) atoms. The molecular formula is C12H20O3. The summed E-state index contributed by atoms with van der Waals surface area (Å²) in [6.07, 6.45) is 5.13. The van der Waals surface area contributed by atoms with E-state index in [1.54, 1.807) is 0 Å². The van der Waals surface area contributed by atoms with Crippen molar-refractivity contribution in [3.8, 4) is 0 Å². The van der Waals surface area contributed by atoms with E-state index in [9.17, 15) is 0 Å². The van der Waals surface area contributed by atoms with Crippen LogP contribution in [-0.2, 0) is 14.2 Å². The second-order valence-electron chi connectivity index (χ2n) is 5.08. The monoisotopic (exact) mass is 212 g/mol. The van der Waals surface area contributed by atoms with Gasteiger partial charge in [-0.2, -0.15) is 0 Å². The Balaban J connectivity index is 1.61. The fourth-order valence-corrected chi connectivity index (χ4v) is 3.64. The predicted octanol–water partition coefficient (Wildman–Crippen LogP) is 1.95. The second kappa shape index (κ2) is 3.72. The maximum atomic E-state index is 5.77. The molecule has 3 nitrogen and oxygen atoms in total. The van der Waals surface area contributed by atoms with Crippen LogP contribution in [0.5, 0.6) is 0 Å². The first-order chi connectivity index (χ1) is 7.31. The molecule has 0 unspecified atom stereocenters. The highest BCUT2D eigenvalue weighted by molar-refractivity contribution is 4.97. The largest absolute Gasteiger partial charge is 0.378 e. The zero-order chi connectivity index (χ0) is 10.3. The molecule has 0 aromatic heterocycles. The Labute approximate surface area is 91.1 Å². The Kier molecular flexibility index (Phi) is 2.49. The summed E-state index contributed by atoms with van der Waals surface area (Å²) in [5.41, 5.74) is 0. The van der Waals surface area contributed by atoms with Crippen LogP contribution in [-0.4, -0.2) is 31.7 Å². The molecule has 1 saturated heterocycles. The quantitative estimate of drug-likeness (QED) is 0.700. The van der Waals surface area contributed by atoms with E-state index in [1.165, 1.54) is 12.8 Å². The number of hydrogen-bond acceptors (Lipinski definition) is 3. The summed E-state index contributed by atoms with van der Waals surface area (Å²) in [6.45, 7) is 4.50. The summed E-state index contributed by atoms with van der Waals surface area (Å²) in [4.78, 5) is 0. The minimum absolute atomic E-state index is 0.188. The summed E-state index contributed by atoms with van der Waals surface area (Å²) in [5, 5.41) is 0. The van der Waals surface area contributed by atoms with Gasteiger partial charge in [-0.1, -0.05) is 0 Å². The third-order valence-electron chi connectivity index (χ3n) is 4.16. The topological polar surface area (TPSA) is 27.7 Å². The van der Waals surface area contributed by atoms with E-state index in [1.807, 2.05) is 0 Å². The smallest absolute Gasteiger partial charge is 0.169 e. The van der Waals surface area contributed by atoms with E-state index in [0.717, 1.165) is 44.5 Å². The average molecular weight is 212 g/mol. The molecule has 3 atom stereocenters. The van der Waals surface area contributed by atoms with Crippen LogP contribution in [0.4, 0.5) is 0 Å². The summed E-state index contributed by atoms with van der Waals surface area (Å²) in [7, 11) is 0. The molecule has 3 heteroatoms. The van der Waals surface area contributed by atoms with E-state index >= 15 is 0 Å². The number of fused-ring (bicyclic) bond motifs is 1. The van der Waals surface area contributed by atoms with Crippen molar-refractivity contribution in [3.63, 3.8) is 0 Å². The van der Waals surface area contributed by atoms with Crippen LogP contribution in [0.25, 0.3) is 0 Å². The van der Waals surface area contributed by atoms with Crippen molar-refractivity contribution in [2.75, 3.05) is 19.8 Å². The molecule has 86 valence electrons. The average Bonchev–Trinajstić information content (AvgIpc) is 2.83. The standard InChI is InChI=1S/C12H20O3/c1-2-13-11-5-9-7-12(8-10(9)6-11)14-3-4-15-12/h9-11H,2-8H2,1H3/t9-,10+,11-. The Morgan fingerprint density at radius 3 is 2.27 bits per heavy atom. The maximum absolute atomic E-state index is 5.77. The summed E-state index contributed by atoms with van der Waals surface area (Å²) in [5.74, 6) is 1.37. The van der Waals surface area contributed by atoms with Crippen LogP contribution in [0, 0.1) is 11.8 Å². The van der Waals surface area contributed by atoms with Crippen LogP contribution in [0.3, 0.4) is 0 Å². The molecule has 0 amide bonds. The van der Waals surface area contributed by atoms with Gasteiger partial charge >= 0.3 is 0 Å². The highest BCUT2D eigenvalue weighted by Gasteiger charge is 2.52. The molecule has 3 rings (SSSR count). The lowest BCUT2D eigenvalue weighted by Crippen LogP contribution is -2.27. The maximum Gasteiger partial charge on any atom is 0.169 e. The lowest BCUT2D eigenvalue weighted by Gasteiger charge is -2.23. The van der Waals surface area contributed by atoms with Crippen molar-refractivity contribution < 1.29 is 14.2 Å². The van der Waals surface area contributed by atoms with Crippen LogP contribution < -0.4 is 0 Å². The van der Waals surface area contributed by atoms with E-state index < -0.39 is 0 Å². The van der Waals surface area contributed by atoms with Crippen LogP contribution in [0.15, 0.2) is 0 Å². The summed E-state index contributed by atoms with van der Waals surface area (Å²) in [6, 6.07) is 0. The summed E-state index contributed by atoms with van der Waals surface area (Å²) >= 11 is 0. The fraction of sp³-hybridized carbons (Fsp3) is 1.00. The van der Waals surface area contributed by atoms with Crippen LogP contribution in [0.2, 0.25) is 0 Å². The van der Waals surface area contributed by atoms with Gasteiger partial charge in [0.05, 0.1) is 19.3 Å². The Bertz CT molecular complexity index is 219. The van der Waals surface area contributed by atoms with Crippen molar-refractivity contribution in [3.05, 3.63) is 0 Å². The SMILES string of the molecule is CCO[C@@H]1C[C@@H]2CC3(C[C@@H]2C1)OCCO3. The van der Waals surface area contributed by atoms with Gasteiger partial charge in [0, 0.05) is 19.4 Å². The van der Waals surface area contributed by atoms with Crippen molar-refractivity contribution in [1.82, 2.24) is 0 Å². The first kappa shape index (κ1) is 10.1. The lowest BCUT2D eigenvalue weighted by molar-refractivity contribution is -0.156. The highest BCUT2D eigenvalue weighted by atomic mass is 16.7. The van der Waals surface area contributed by atoms with Gasteiger partial charge in [0.2, 0.25) is 0 Å². The first-order valence-corrected chi connectivity index (χ1v) is 6.21. The molecule has 0 N–H and O–H groups in total. The van der Waals surface area contributed by atoms with Gasteiger partial charge in [0.15, 0.2) is 5.79 Å². The number of rotatable bonds is 2. The molecule has 2 aliphatic carbocycles. The highest BCUT2D eigenvalue weighted by Crippen LogP contribution is 2.52. The van der Waals surface area contributed by atoms with Gasteiger partial charge < -0.3 is 14.2 Å². The second-order valence-corrected chi connectivity index (χ2v) is 5.08. The van der Waals surface area contributed by atoms with Crippen LogP contribution >= 0.6 is 0 Å². The van der Waals surface area contributed by atoms with E-state index in [2.05, 4.69) is 6.92 Å². The Morgan fingerprint density at radius 2 is 1.73 bits per heavy atom. The molecule has 1 heterocycles. The van der Waals surface area contributed by atoms with Crippen molar-refractivity contribution >= 4 is 0 Å². The lowest BCUT2D eigenvalue weighted by atomic mass is 10.0. The molecule has 0 aromatic carbocycles. The Hall–Kier alpha value is -0.120. The molecule has 3 aliphatic rings. The predicted molar refractivity (Wildman–Crippen MR) is 55.5 cm³/mol. The third kappa shape index (κ3) is 1.71. The Morgan fingerprint density at radius 1 is 1.13 bits per heavy atom. The van der Waals surface area contributed by atoms with Gasteiger partial charge in [-0.3, -0.25) is 0 Å². The molecule has 3 fully saturated rings. The van der Waals surface area contributed by atoms with Crippen molar-refractivity contribution in [1.29, 1.82) is 0 Å². The van der Waals surface area contributed by atoms with Gasteiger partial charge in [-0.05, 0) is 31.6 Å². The molecule has 2 saturated carbocycles. The molecule has 1 spiro atoms.